The van der Waals surface area contributed by atoms with Gasteiger partial charge in [0.1, 0.15) is 5.58 Å². The summed E-state index contributed by atoms with van der Waals surface area (Å²) >= 11 is 12.5. The summed E-state index contributed by atoms with van der Waals surface area (Å²) in [6.45, 7) is 7.86. The molecule has 1 heterocycles. The number of fused-ring (bicyclic) bond motifs is 1. The number of nitrogens with one attached hydrogen (secondary N) is 1. The highest BCUT2D eigenvalue weighted by Gasteiger charge is 2.22. The van der Waals surface area contributed by atoms with Crippen molar-refractivity contribution >= 4 is 40.1 Å². The fourth-order valence-corrected chi connectivity index (χ4v) is 3.94. The summed E-state index contributed by atoms with van der Waals surface area (Å²) in [4.78, 5) is 27.5. The molecule has 30 heavy (non-hydrogen) atoms. The van der Waals surface area contributed by atoms with Gasteiger partial charge in [0.15, 0.2) is 11.2 Å². The van der Waals surface area contributed by atoms with Crippen molar-refractivity contribution in [3.8, 4) is 0 Å². The number of carbonyl (C=O) groups is 1. The van der Waals surface area contributed by atoms with E-state index >= 15 is 0 Å². The van der Waals surface area contributed by atoms with E-state index in [1.807, 2.05) is 31.2 Å². The molecule has 0 aliphatic carbocycles. The van der Waals surface area contributed by atoms with Gasteiger partial charge in [-0.2, -0.15) is 0 Å². The highest BCUT2D eigenvalue weighted by atomic mass is 35.5. The molecule has 0 aliphatic rings. The molecule has 0 saturated carbocycles. The van der Waals surface area contributed by atoms with Crippen molar-refractivity contribution in [2.75, 3.05) is 19.6 Å². The first kappa shape index (κ1) is 22.3. The predicted octanol–water partition coefficient (Wildman–Crippen LogP) is 5.22. The van der Waals surface area contributed by atoms with E-state index in [1.165, 1.54) is 6.07 Å². The van der Waals surface area contributed by atoms with E-state index in [9.17, 15) is 9.59 Å². The van der Waals surface area contributed by atoms with Gasteiger partial charge < -0.3 is 9.73 Å². The fraction of sp³-hybridized carbons (Fsp3) is 0.304. The summed E-state index contributed by atoms with van der Waals surface area (Å²) < 4.78 is 5.70. The first-order valence-electron chi connectivity index (χ1n) is 9.86. The molecule has 2 aromatic carbocycles. The van der Waals surface area contributed by atoms with Crippen LogP contribution in [0.25, 0.3) is 11.0 Å². The molecule has 5 nitrogen and oxygen atoms in total. The minimum absolute atomic E-state index is 0.0355. The Morgan fingerprint density at radius 2 is 1.80 bits per heavy atom. The summed E-state index contributed by atoms with van der Waals surface area (Å²) in [5, 5.41) is 4.37. The van der Waals surface area contributed by atoms with E-state index in [1.54, 1.807) is 12.1 Å². The lowest BCUT2D eigenvalue weighted by molar-refractivity contribution is 0.0908. The Morgan fingerprint density at radius 3 is 2.47 bits per heavy atom. The largest absolute Gasteiger partial charge is 0.451 e. The molecular formula is C23H24Cl2N2O3. The van der Waals surface area contributed by atoms with Crippen LogP contribution in [0.2, 0.25) is 10.0 Å². The third-order valence-electron chi connectivity index (χ3n) is 5.21. The Bertz CT molecular complexity index is 1120. The molecule has 3 aromatic rings. The SMILES string of the molecule is CCN(CC)[C@H](CNC(=O)c1cc(=O)c2cc(Cl)c(C)cc2o1)c1ccccc1Cl. The van der Waals surface area contributed by atoms with Crippen molar-refractivity contribution in [1.82, 2.24) is 10.2 Å². The maximum atomic E-state index is 12.8. The third-order valence-corrected chi connectivity index (χ3v) is 5.96. The standard InChI is InChI=1S/C23H24Cl2N2O3/c1-4-27(5-2)19(15-8-6-7-9-17(15)24)13-26-23(29)22-12-20(28)16-11-18(25)14(3)10-21(16)30-22/h6-12,19H,4-5,13H2,1-3H3,(H,26,29)/t19-/m1/s1. The third kappa shape index (κ3) is 4.69. The molecule has 1 N–H and O–H groups in total. The molecule has 0 aliphatic heterocycles. The van der Waals surface area contributed by atoms with Gasteiger partial charge in [-0.15, -0.1) is 0 Å². The molecule has 0 spiro atoms. The minimum Gasteiger partial charge on any atom is -0.451 e. The highest BCUT2D eigenvalue weighted by molar-refractivity contribution is 6.32. The number of carbonyl (C=O) groups excluding carboxylic acids is 1. The number of benzene rings is 2. The fourth-order valence-electron chi connectivity index (χ4n) is 3.51. The normalized spacial score (nSPS) is 12.3. The predicted molar refractivity (Wildman–Crippen MR) is 122 cm³/mol. The number of halogens is 2. The van der Waals surface area contributed by atoms with Crippen LogP contribution in [0.3, 0.4) is 0 Å². The summed E-state index contributed by atoms with van der Waals surface area (Å²) in [7, 11) is 0. The summed E-state index contributed by atoms with van der Waals surface area (Å²) in [5.41, 5.74) is 1.73. The van der Waals surface area contributed by atoms with Crippen molar-refractivity contribution < 1.29 is 9.21 Å². The van der Waals surface area contributed by atoms with Crippen LogP contribution in [-0.4, -0.2) is 30.4 Å². The van der Waals surface area contributed by atoms with E-state index in [0.29, 0.717) is 27.6 Å². The summed E-state index contributed by atoms with van der Waals surface area (Å²) in [5.74, 6) is -0.488. The molecule has 0 fully saturated rings. The monoisotopic (exact) mass is 446 g/mol. The van der Waals surface area contributed by atoms with Crippen molar-refractivity contribution in [2.45, 2.75) is 26.8 Å². The number of rotatable bonds is 7. The van der Waals surface area contributed by atoms with Crippen LogP contribution in [0.5, 0.6) is 0 Å². The van der Waals surface area contributed by atoms with E-state index in [2.05, 4.69) is 24.1 Å². The second kappa shape index (κ2) is 9.65. The molecule has 1 amide bonds. The van der Waals surface area contributed by atoms with Gasteiger partial charge in [-0.25, -0.2) is 0 Å². The van der Waals surface area contributed by atoms with Gasteiger partial charge in [-0.05, 0) is 49.3 Å². The maximum Gasteiger partial charge on any atom is 0.287 e. The Balaban J connectivity index is 1.87. The molecule has 7 heteroatoms. The van der Waals surface area contributed by atoms with Crippen LogP contribution < -0.4 is 10.7 Å². The maximum absolute atomic E-state index is 12.8. The molecule has 3 rings (SSSR count). The number of hydrogen-bond donors (Lipinski definition) is 1. The summed E-state index contributed by atoms with van der Waals surface area (Å²) in [6.07, 6.45) is 0. The first-order chi connectivity index (χ1) is 14.3. The topological polar surface area (TPSA) is 62.6 Å². The van der Waals surface area contributed by atoms with E-state index in [-0.39, 0.29) is 17.2 Å². The Hall–Kier alpha value is -2.34. The van der Waals surface area contributed by atoms with Crippen LogP contribution in [0.4, 0.5) is 0 Å². The molecule has 0 unspecified atom stereocenters. The lowest BCUT2D eigenvalue weighted by Crippen LogP contribution is -2.38. The molecule has 1 aromatic heterocycles. The highest BCUT2D eigenvalue weighted by Crippen LogP contribution is 2.27. The van der Waals surface area contributed by atoms with Gasteiger partial charge in [-0.1, -0.05) is 55.2 Å². The van der Waals surface area contributed by atoms with E-state index < -0.39 is 5.91 Å². The second-order valence-electron chi connectivity index (χ2n) is 7.04. The first-order valence-corrected chi connectivity index (χ1v) is 10.6. The van der Waals surface area contributed by atoms with Gasteiger partial charge in [-0.3, -0.25) is 14.5 Å². The molecule has 158 valence electrons. The van der Waals surface area contributed by atoms with Crippen molar-refractivity contribution in [3.05, 3.63) is 79.6 Å². The minimum atomic E-state index is -0.453. The van der Waals surface area contributed by atoms with Crippen molar-refractivity contribution in [2.24, 2.45) is 0 Å². The molecule has 1 atom stereocenters. The Labute approximate surface area is 185 Å². The van der Waals surface area contributed by atoms with Gasteiger partial charge >= 0.3 is 0 Å². The van der Waals surface area contributed by atoms with Gasteiger partial charge in [0, 0.05) is 22.7 Å². The van der Waals surface area contributed by atoms with Crippen LogP contribution in [0.15, 0.2) is 51.7 Å². The Morgan fingerprint density at radius 1 is 1.10 bits per heavy atom. The van der Waals surface area contributed by atoms with Crippen LogP contribution in [-0.2, 0) is 0 Å². The van der Waals surface area contributed by atoms with E-state index in [4.69, 9.17) is 27.6 Å². The number of hydrogen-bond acceptors (Lipinski definition) is 4. The zero-order valence-electron chi connectivity index (χ0n) is 17.2. The zero-order chi connectivity index (χ0) is 21.8. The average molecular weight is 447 g/mol. The smallest absolute Gasteiger partial charge is 0.287 e. The molecule has 0 saturated heterocycles. The lowest BCUT2D eigenvalue weighted by atomic mass is 10.0. The van der Waals surface area contributed by atoms with Crippen molar-refractivity contribution in [3.63, 3.8) is 0 Å². The van der Waals surface area contributed by atoms with Crippen LogP contribution in [0.1, 0.15) is 41.6 Å². The number of aryl methyl sites for hydroxylation is 1. The second-order valence-corrected chi connectivity index (χ2v) is 7.86. The quantitative estimate of drug-likeness (QED) is 0.540. The van der Waals surface area contributed by atoms with Crippen molar-refractivity contribution in [1.29, 1.82) is 0 Å². The van der Waals surface area contributed by atoms with Crippen LogP contribution in [0, 0.1) is 6.92 Å². The number of nitrogens with zero attached hydrogens (tertiary/aromatic N) is 1. The van der Waals surface area contributed by atoms with Crippen LogP contribution >= 0.6 is 23.2 Å². The van der Waals surface area contributed by atoms with Gasteiger partial charge in [0.25, 0.3) is 5.91 Å². The Kier molecular flexibility index (Phi) is 7.19. The van der Waals surface area contributed by atoms with Gasteiger partial charge in [0.2, 0.25) is 0 Å². The lowest BCUT2D eigenvalue weighted by Gasteiger charge is -2.30. The average Bonchev–Trinajstić information content (AvgIpc) is 2.73. The zero-order valence-corrected chi connectivity index (χ0v) is 18.7. The van der Waals surface area contributed by atoms with Gasteiger partial charge in [0.05, 0.1) is 11.4 Å². The number of likely N-dealkylation sites (N-methyl/N-ethyl adjacent to an activating group) is 1. The van der Waals surface area contributed by atoms with E-state index in [0.717, 1.165) is 24.2 Å². The molecule has 0 radical (unpaired) electrons. The molecular weight excluding hydrogens is 423 g/mol. The number of amides is 1. The summed E-state index contributed by atoms with van der Waals surface area (Å²) in [6, 6.07) is 11.9. The molecule has 0 bridgehead atoms.